The molecule has 0 radical (unpaired) electrons. The highest BCUT2D eigenvalue weighted by atomic mass is 16.5. The number of ether oxygens (including phenoxy) is 1. The summed E-state index contributed by atoms with van der Waals surface area (Å²) in [6.45, 7) is 1.80. The van der Waals surface area contributed by atoms with Gasteiger partial charge in [0.05, 0.1) is 12.8 Å². The van der Waals surface area contributed by atoms with Gasteiger partial charge in [0.25, 0.3) is 0 Å². The molecule has 94 valence electrons. The molecule has 0 atom stereocenters. The number of nitrogens with zero attached hydrogens (tertiary/aromatic N) is 2. The third-order valence-electron chi connectivity index (χ3n) is 2.36. The number of aromatic nitrogens is 2. The van der Waals surface area contributed by atoms with Gasteiger partial charge in [-0.1, -0.05) is 12.1 Å². The first-order valence-electron chi connectivity index (χ1n) is 5.45. The summed E-state index contributed by atoms with van der Waals surface area (Å²) in [6, 6.07) is 9.33. The predicted octanol–water partition coefficient (Wildman–Crippen LogP) is 1.82. The summed E-state index contributed by atoms with van der Waals surface area (Å²) in [5.74, 6) is 7.93. The molecule has 1 aromatic carbocycles. The molecule has 0 fully saturated rings. The molecule has 6 heteroatoms. The fourth-order valence-electron chi connectivity index (χ4n) is 1.59. The van der Waals surface area contributed by atoms with E-state index in [1.165, 1.54) is 0 Å². The topological polar surface area (TPSA) is 85.1 Å². The van der Waals surface area contributed by atoms with Crippen LogP contribution in [0.15, 0.2) is 30.3 Å². The number of rotatable bonds is 4. The normalized spacial score (nSPS) is 9.94. The zero-order valence-electron chi connectivity index (χ0n) is 10.3. The van der Waals surface area contributed by atoms with Crippen LogP contribution in [0.1, 0.15) is 5.82 Å². The van der Waals surface area contributed by atoms with Gasteiger partial charge in [-0.25, -0.2) is 15.8 Å². The van der Waals surface area contributed by atoms with E-state index in [-0.39, 0.29) is 0 Å². The molecule has 1 heterocycles. The summed E-state index contributed by atoms with van der Waals surface area (Å²) in [4.78, 5) is 8.40. The van der Waals surface area contributed by atoms with Gasteiger partial charge < -0.3 is 15.5 Å². The Morgan fingerprint density at radius 3 is 2.61 bits per heavy atom. The molecule has 18 heavy (non-hydrogen) atoms. The molecule has 0 bridgehead atoms. The van der Waals surface area contributed by atoms with Gasteiger partial charge >= 0.3 is 0 Å². The molecule has 4 N–H and O–H groups in total. The number of nitrogens with two attached hydrogens (primary N) is 1. The zero-order valence-corrected chi connectivity index (χ0v) is 10.3. The van der Waals surface area contributed by atoms with Crippen molar-refractivity contribution in [3.05, 3.63) is 36.2 Å². The summed E-state index contributed by atoms with van der Waals surface area (Å²) >= 11 is 0. The van der Waals surface area contributed by atoms with Gasteiger partial charge in [-0.3, -0.25) is 0 Å². The first-order chi connectivity index (χ1) is 8.72. The fourth-order valence-corrected chi connectivity index (χ4v) is 1.59. The van der Waals surface area contributed by atoms with Crippen molar-refractivity contribution in [2.75, 3.05) is 17.9 Å². The highest BCUT2D eigenvalue weighted by Crippen LogP contribution is 2.26. The monoisotopic (exact) mass is 245 g/mol. The Hall–Kier alpha value is -2.34. The second kappa shape index (κ2) is 5.33. The molecule has 0 saturated carbocycles. The maximum absolute atomic E-state index is 5.34. The molecule has 0 spiro atoms. The predicted molar refractivity (Wildman–Crippen MR) is 70.9 cm³/mol. The number of nitrogens with one attached hydrogen (secondary N) is 2. The second-order valence-electron chi connectivity index (χ2n) is 3.66. The van der Waals surface area contributed by atoms with E-state index in [2.05, 4.69) is 20.7 Å². The van der Waals surface area contributed by atoms with Gasteiger partial charge in [-0.2, -0.15) is 0 Å². The summed E-state index contributed by atoms with van der Waals surface area (Å²) in [5.41, 5.74) is 3.33. The molecule has 0 aliphatic heterocycles. The van der Waals surface area contributed by atoms with Crippen LogP contribution in [0.5, 0.6) is 5.75 Å². The Bertz CT molecular complexity index is 544. The van der Waals surface area contributed by atoms with E-state index in [1.54, 1.807) is 20.1 Å². The van der Waals surface area contributed by atoms with E-state index in [0.717, 1.165) is 11.4 Å². The second-order valence-corrected chi connectivity index (χ2v) is 3.66. The van der Waals surface area contributed by atoms with Crippen molar-refractivity contribution in [2.45, 2.75) is 6.92 Å². The minimum atomic E-state index is 0.555. The number of hydrazine groups is 1. The number of hydrogen-bond donors (Lipinski definition) is 3. The molecule has 6 nitrogen and oxygen atoms in total. The van der Waals surface area contributed by atoms with Crippen molar-refractivity contribution in [3.63, 3.8) is 0 Å². The molecule has 1 aromatic heterocycles. The van der Waals surface area contributed by atoms with E-state index in [1.807, 2.05) is 24.3 Å². The van der Waals surface area contributed by atoms with E-state index in [4.69, 9.17) is 10.6 Å². The molecule has 0 saturated heterocycles. The minimum absolute atomic E-state index is 0.555. The van der Waals surface area contributed by atoms with Crippen LogP contribution < -0.4 is 21.3 Å². The molecular formula is C12H15N5O. The van der Waals surface area contributed by atoms with Crippen LogP contribution in [0.3, 0.4) is 0 Å². The smallest absolute Gasteiger partial charge is 0.145 e. The third-order valence-corrected chi connectivity index (χ3v) is 2.36. The van der Waals surface area contributed by atoms with Crippen molar-refractivity contribution in [1.29, 1.82) is 0 Å². The average molecular weight is 245 g/mol. The van der Waals surface area contributed by atoms with Crippen LogP contribution in [0.25, 0.3) is 0 Å². The van der Waals surface area contributed by atoms with Crippen LogP contribution in [0.2, 0.25) is 0 Å². The summed E-state index contributed by atoms with van der Waals surface area (Å²) < 4.78 is 5.26. The first-order valence-corrected chi connectivity index (χ1v) is 5.45. The van der Waals surface area contributed by atoms with Crippen LogP contribution >= 0.6 is 0 Å². The maximum atomic E-state index is 5.34. The van der Waals surface area contributed by atoms with Crippen LogP contribution in [-0.4, -0.2) is 17.1 Å². The van der Waals surface area contributed by atoms with Gasteiger partial charge in [-0.15, -0.1) is 0 Å². The quantitative estimate of drug-likeness (QED) is 0.563. The van der Waals surface area contributed by atoms with Crippen LogP contribution in [-0.2, 0) is 0 Å². The van der Waals surface area contributed by atoms with Crippen molar-refractivity contribution < 1.29 is 4.74 Å². The maximum Gasteiger partial charge on any atom is 0.145 e. The number of methoxy groups -OCH3 is 1. The summed E-state index contributed by atoms with van der Waals surface area (Å²) in [5, 5.41) is 3.17. The molecule has 2 rings (SSSR count). The van der Waals surface area contributed by atoms with Crippen molar-refractivity contribution in [1.82, 2.24) is 9.97 Å². The molecule has 0 unspecified atom stereocenters. The Morgan fingerprint density at radius 2 is 1.89 bits per heavy atom. The molecule has 2 aromatic rings. The number of anilines is 3. The SMILES string of the molecule is COc1ccccc1Nc1cc(NN)nc(C)n1. The Morgan fingerprint density at radius 1 is 1.17 bits per heavy atom. The summed E-state index contributed by atoms with van der Waals surface area (Å²) in [6.07, 6.45) is 0. The van der Waals surface area contributed by atoms with Crippen molar-refractivity contribution in [2.24, 2.45) is 5.84 Å². The van der Waals surface area contributed by atoms with Crippen LogP contribution in [0, 0.1) is 6.92 Å². The number of benzene rings is 1. The van der Waals surface area contributed by atoms with Gasteiger partial charge in [-0.05, 0) is 19.1 Å². The van der Waals surface area contributed by atoms with Crippen LogP contribution in [0.4, 0.5) is 17.3 Å². The number of para-hydroxylation sites is 2. The molecule has 0 amide bonds. The lowest BCUT2D eigenvalue weighted by Gasteiger charge is -2.11. The first kappa shape index (κ1) is 12.1. The molecule has 0 aliphatic rings. The van der Waals surface area contributed by atoms with Crippen molar-refractivity contribution in [3.8, 4) is 5.75 Å². The highest BCUT2D eigenvalue weighted by Gasteiger charge is 2.05. The van der Waals surface area contributed by atoms with E-state index >= 15 is 0 Å². The fraction of sp³-hybridized carbons (Fsp3) is 0.167. The molecule has 0 aliphatic carbocycles. The van der Waals surface area contributed by atoms with E-state index < -0.39 is 0 Å². The van der Waals surface area contributed by atoms with E-state index in [9.17, 15) is 0 Å². The van der Waals surface area contributed by atoms with E-state index in [0.29, 0.717) is 17.5 Å². The lowest BCUT2D eigenvalue weighted by Crippen LogP contribution is -2.10. The van der Waals surface area contributed by atoms with Gasteiger partial charge in [0, 0.05) is 6.07 Å². The largest absolute Gasteiger partial charge is 0.495 e. The van der Waals surface area contributed by atoms with Gasteiger partial charge in [0.1, 0.15) is 23.2 Å². The Balaban J connectivity index is 2.30. The van der Waals surface area contributed by atoms with Crippen molar-refractivity contribution >= 4 is 17.3 Å². The standard InChI is InChI=1S/C12H15N5O/c1-8-14-11(7-12(15-8)17-13)16-9-5-3-4-6-10(9)18-2/h3-7H,13H2,1-2H3,(H2,14,15,16,17). The third kappa shape index (κ3) is 2.67. The number of hydrogen-bond acceptors (Lipinski definition) is 6. The minimum Gasteiger partial charge on any atom is -0.495 e. The van der Waals surface area contributed by atoms with Gasteiger partial charge in [0.15, 0.2) is 0 Å². The number of aryl methyl sites for hydroxylation is 1. The average Bonchev–Trinajstić information content (AvgIpc) is 2.38. The highest BCUT2D eigenvalue weighted by molar-refractivity contribution is 5.65. The van der Waals surface area contributed by atoms with Gasteiger partial charge in [0.2, 0.25) is 0 Å². The Kier molecular flexibility index (Phi) is 3.59. The lowest BCUT2D eigenvalue weighted by molar-refractivity contribution is 0.417. The summed E-state index contributed by atoms with van der Waals surface area (Å²) in [7, 11) is 1.62. The lowest BCUT2D eigenvalue weighted by atomic mass is 10.3. The molecular weight excluding hydrogens is 230 g/mol. The Labute approximate surface area is 105 Å². The number of nitrogen functional groups attached to an aromatic ring is 1. The zero-order chi connectivity index (χ0) is 13.0.